The van der Waals surface area contributed by atoms with Crippen LogP contribution in [0.15, 0.2) is 30.3 Å². The molecule has 0 heterocycles. The smallest absolute Gasteiger partial charge is 0.241 e. The van der Waals surface area contributed by atoms with Crippen LogP contribution in [0.5, 0.6) is 5.75 Å². The zero-order valence-corrected chi connectivity index (χ0v) is 7.57. The third-order valence-electron chi connectivity index (χ3n) is 1.64. The number of halogens is 2. The van der Waals surface area contributed by atoms with E-state index >= 15 is 0 Å². The highest BCUT2D eigenvalue weighted by Gasteiger charge is 2.12. The summed E-state index contributed by atoms with van der Waals surface area (Å²) < 4.78 is 28.7. The Labute approximate surface area is 81.1 Å². The second-order valence-electron chi connectivity index (χ2n) is 2.90. The standard InChI is InChI=1S/C10H12F2O2/c11-10(12)6-8(13)7-14-9-4-2-1-3-5-9/h1-5,8,10,13H,6-7H2. The topological polar surface area (TPSA) is 29.5 Å². The summed E-state index contributed by atoms with van der Waals surface area (Å²) >= 11 is 0. The van der Waals surface area contributed by atoms with Gasteiger partial charge in [-0.3, -0.25) is 0 Å². The van der Waals surface area contributed by atoms with Gasteiger partial charge in [0.25, 0.3) is 0 Å². The van der Waals surface area contributed by atoms with E-state index < -0.39 is 19.0 Å². The lowest BCUT2D eigenvalue weighted by Crippen LogP contribution is -2.20. The minimum Gasteiger partial charge on any atom is -0.491 e. The monoisotopic (exact) mass is 202 g/mol. The number of hydrogen-bond donors (Lipinski definition) is 1. The molecule has 0 saturated carbocycles. The Hall–Kier alpha value is -1.16. The molecule has 0 aromatic heterocycles. The summed E-state index contributed by atoms with van der Waals surface area (Å²) in [7, 11) is 0. The first-order valence-electron chi connectivity index (χ1n) is 4.32. The molecule has 0 aliphatic carbocycles. The van der Waals surface area contributed by atoms with E-state index in [1.165, 1.54) is 0 Å². The SMILES string of the molecule is OC(COc1ccccc1)CC(F)F. The molecular formula is C10H12F2O2. The summed E-state index contributed by atoms with van der Waals surface area (Å²) in [5.41, 5.74) is 0. The summed E-state index contributed by atoms with van der Waals surface area (Å²) in [4.78, 5) is 0. The molecule has 0 saturated heterocycles. The van der Waals surface area contributed by atoms with Gasteiger partial charge in [0.1, 0.15) is 12.4 Å². The molecule has 0 aliphatic heterocycles. The van der Waals surface area contributed by atoms with Crippen LogP contribution >= 0.6 is 0 Å². The number of aliphatic hydroxyl groups excluding tert-OH is 1. The summed E-state index contributed by atoms with van der Waals surface area (Å²) in [5.74, 6) is 0.570. The quantitative estimate of drug-likeness (QED) is 0.792. The lowest BCUT2D eigenvalue weighted by molar-refractivity contribution is 0.0349. The van der Waals surface area contributed by atoms with E-state index in [2.05, 4.69) is 0 Å². The number of benzene rings is 1. The highest BCUT2D eigenvalue weighted by molar-refractivity contribution is 5.20. The van der Waals surface area contributed by atoms with E-state index in [0.29, 0.717) is 5.75 Å². The summed E-state index contributed by atoms with van der Waals surface area (Å²) in [6.07, 6.45) is -4.16. The minimum atomic E-state index is -2.50. The first-order valence-corrected chi connectivity index (χ1v) is 4.32. The normalized spacial score (nSPS) is 12.9. The van der Waals surface area contributed by atoms with Crippen molar-refractivity contribution in [2.45, 2.75) is 19.0 Å². The predicted molar refractivity (Wildman–Crippen MR) is 48.6 cm³/mol. The van der Waals surface area contributed by atoms with Crippen molar-refractivity contribution >= 4 is 0 Å². The fourth-order valence-electron chi connectivity index (χ4n) is 0.983. The third kappa shape index (κ3) is 4.18. The molecule has 1 unspecified atom stereocenters. The zero-order chi connectivity index (χ0) is 10.4. The minimum absolute atomic E-state index is 0.103. The molecule has 1 aromatic carbocycles. The maximum absolute atomic E-state index is 11.8. The molecule has 78 valence electrons. The average Bonchev–Trinajstić information content (AvgIpc) is 2.15. The lowest BCUT2D eigenvalue weighted by atomic mass is 10.3. The van der Waals surface area contributed by atoms with Crippen molar-refractivity contribution in [1.29, 1.82) is 0 Å². The van der Waals surface area contributed by atoms with Crippen molar-refractivity contribution in [3.63, 3.8) is 0 Å². The Kier molecular flexibility index (Phi) is 4.32. The number of ether oxygens (including phenoxy) is 1. The summed E-state index contributed by atoms with van der Waals surface area (Å²) in [6, 6.07) is 8.77. The van der Waals surface area contributed by atoms with Crippen molar-refractivity contribution in [3.05, 3.63) is 30.3 Å². The molecule has 0 bridgehead atoms. The van der Waals surface area contributed by atoms with Crippen LogP contribution in [0, 0.1) is 0 Å². The van der Waals surface area contributed by atoms with E-state index in [-0.39, 0.29) is 6.61 Å². The highest BCUT2D eigenvalue weighted by atomic mass is 19.3. The maximum atomic E-state index is 11.8. The number of hydrogen-bond acceptors (Lipinski definition) is 2. The molecule has 14 heavy (non-hydrogen) atoms. The predicted octanol–water partition coefficient (Wildman–Crippen LogP) is 2.08. The van der Waals surface area contributed by atoms with E-state index in [9.17, 15) is 8.78 Å². The van der Waals surface area contributed by atoms with Gasteiger partial charge in [0.2, 0.25) is 6.43 Å². The van der Waals surface area contributed by atoms with E-state index in [0.717, 1.165) is 0 Å². The molecule has 0 aliphatic rings. The van der Waals surface area contributed by atoms with E-state index in [1.807, 2.05) is 6.07 Å². The van der Waals surface area contributed by atoms with Crippen LogP contribution in [0.25, 0.3) is 0 Å². The van der Waals surface area contributed by atoms with Crippen LogP contribution in [-0.4, -0.2) is 24.2 Å². The molecule has 1 rings (SSSR count). The largest absolute Gasteiger partial charge is 0.491 e. The molecular weight excluding hydrogens is 190 g/mol. The first kappa shape index (κ1) is 10.9. The highest BCUT2D eigenvalue weighted by Crippen LogP contribution is 2.10. The fourth-order valence-corrected chi connectivity index (χ4v) is 0.983. The second kappa shape index (κ2) is 5.54. The zero-order valence-electron chi connectivity index (χ0n) is 7.57. The molecule has 1 aromatic rings. The maximum Gasteiger partial charge on any atom is 0.241 e. The van der Waals surface area contributed by atoms with Gasteiger partial charge in [0.05, 0.1) is 6.10 Å². The van der Waals surface area contributed by atoms with Crippen LogP contribution in [0.4, 0.5) is 8.78 Å². The van der Waals surface area contributed by atoms with Gasteiger partial charge < -0.3 is 9.84 Å². The van der Waals surface area contributed by atoms with Crippen molar-refractivity contribution in [2.75, 3.05) is 6.61 Å². The first-order chi connectivity index (χ1) is 6.68. The van der Waals surface area contributed by atoms with Crippen molar-refractivity contribution in [3.8, 4) is 5.75 Å². The fraction of sp³-hybridized carbons (Fsp3) is 0.400. The van der Waals surface area contributed by atoms with Crippen LogP contribution in [-0.2, 0) is 0 Å². The Morgan fingerprint density at radius 1 is 1.21 bits per heavy atom. The third-order valence-corrected chi connectivity index (χ3v) is 1.64. The summed E-state index contributed by atoms with van der Waals surface area (Å²) in [6.45, 7) is -0.103. The average molecular weight is 202 g/mol. The van der Waals surface area contributed by atoms with Gasteiger partial charge in [-0.15, -0.1) is 0 Å². The number of aliphatic hydroxyl groups is 1. The van der Waals surface area contributed by atoms with E-state index in [1.54, 1.807) is 24.3 Å². The number of alkyl halides is 2. The Morgan fingerprint density at radius 2 is 1.86 bits per heavy atom. The summed E-state index contributed by atoms with van der Waals surface area (Å²) in [5, 5.41) is 9.08. The molecule has 1 N–H and O–H groups in total. The van der Waals surface area contributed by atoms with Crippen molar-refractivity contribution < 1.29 is 18.6 Å². The molecule has 0 radical (unpaired) electrons. The van der Waals surface area contributed by atoms with Crippen LogP contribution in [0.2, 0.25) is 0 Å². The van der Waals surface area contributed by atoms with Gasteiger partial charge in [-0.2, -0.15) is 0 Å². The molecule has 0 fully saturated rings. The Bertz CT molecular complexity index is 252. The van der Waals surface area contributed by atoms with Crippen molar-refractivity contribution in [2.24, 2.45) is 0 Å². The van der Waals surface area contributed by atoms with Gasteiger partial charge in [-0.05, 0) is 12.1 Å². The van der Waals surface area contributed by atoms with E-state index in [4.69, 9.17) is 9.84 Å². The molecule has 4 heteroatoms. The Morgan fingerprint density at radius 3 is 2.43 bits per heavy atom. The molecule has 0 amide bonds. The van der Waals surface area contributed by atoms with Gasteiger partial charge in [0, 0.05) is 6.42 Å². The number of para-hydroxylation sites is 1. The van der Waals surface area contributed by atoms with Crippen LogP contribution < -0.4 is 4.74 Å². The lowest BCUT2D eigenvalue weighted by Gasteiger charge is -2.11. The van der Waals surface area contributed by atoms with Crippen LogP contribution in [0.1, 0.15) is 6.42 Å². The molecule has 0 spiro atoms. The number of rotatable bonds is 5. The van der Waals surface area contributed by atoms with Gasteiger partial charge in [-0.25, -0.2) is 8.78 Å². The van der Waals surface area contributed by atoms with Crippen molar-refractivity contribution in [1.82, 2.24) is 0 Å². The Balaban J connectivity index is 2.27. The second-order valence-corrected chi connectivity index (χ2v) is 2.90. The van der Waals surface area contributed by atoms with Gasteiger partial charge in [-0.1, -0.05) is 18.2 Å². The van der Waals surface area contributed by atoms with Gasteiger partial charge >= 0.3 is 0 Å². The molecule has 2 nitrogen and oxygen atoms in total. The van der Waals surface area contributed by atoms with Gasteiger partial charge in [0.15, 0.2) is 0 Å². The van der Waals surface area contributed by atoms with Crippen LogP contribution in [0.3, 0.4) is 0 Å². The molecule has 1 atom stereocenters.